The van der Waals surface area contributed by atoms with Crippen molar-refractivity contribution < 1.29 is 13.5 Å². The molecule has 0 unspecified atom stereocenters. The van der Waals surface area contributed by atoms with Gasteiger partial charge in [0.15, 0.2) is 0 Å². The molecule has 0 aliphatic carbocycles. The molecule has 2 rings (SSSR count). The molecule has 5 nitrogen and oxygen atoms in total. The zero-order chi connectivity index (χ0) is 16.7. The van der Waals surface area contributed by atoms with Crippen LogP contribution >= 0.6 is 0 Å². The molecule has 0 saturated heterocycles. The van der Waals surface area contributed by atoms with Crippen LogP contribution in [0, 0.1) is 0 Å². The summed E-state index contributed by atoms with van der Waals surface area (Å²) >= 11 is 0. The van der Waals surface area contributed by atoms with Gasteiger partial charge >= 0.3 is 0 Å². The minimum absolute atomic E-state index is 0.0241. The minimum Gasteiger partial charge on any atom is -0.395 e. The molecule has 0 aliphatic rings. The van der Waals surface area contributed by atoms with Gasteiger partial charge in [-0.3, -0.25) is 0 Å². The van der Waals surface area contributed by atoms with Crippen LogP contribution in [0.15, 0.2) is 60.7 Å². The third-order valence-corrected chi connectivity index (χ3v) is 4.15. The highest BCUT2D eigenvalue weighted by atomic mass is 32.2. The maximum Gasteiger partial charge on any atom is 0.209 e. The molecule has 0 spiro atoms. The van der Waals surface area contributed by atoms with Gasteiger partial charge in [-0.2, -0.15) is 0 Å². The van der Waals surface area contributed by atoms with Gasteiger partial charge in [0.1, 0.15) is 0 Å². The van der Waals surface area contributed by atoms with E-state index >= 15 is 0 Å². The molecule has 0 aliphatic heterocycles. The Balaban J connectivity index is 2.43. The van der Waals surface area contributed by atoms with Gasteiger partial charge in [-0.05, 0) is 11.1 Å². The maximum atomic E-state index is 11.8. The predicted molar refractivity (Wildman–Crippen MR) is 91.4 cm³/mol. The second-order valence-corrected chi connectivity index (χ2v) is 7.12. The molecule has 0 bridgehead atoms. The highest BCUT2D eigenvalue weighted by molar-refractivity contribution is 7.88. The summed E-state index contributed by atoms with van der Waals surface area (Å²) in [7, 11) is -3.40. The van der Waals surface area contributed by atoms with Crippen LogP contribution in [0.5, 0.6) is 0 Å². The Hall–Kier alpha value is -1.73. The summed E-state index contributed by atoms with van der Waals surface area (Å²) in [5.41, 5.74) is 1.81. The van der Waals surface area contributed by atoms with Crippen molar-refractivity contribution in [2.24, 2.45) is 0 Å². The Kier molecular flexibility index (Phi) is 6.29. The van der Waals surface area contributed by atoms with Crippen molar-refractivity contribution in [2.45, 2.75) is 12.1 Å². The van der Waals surface area contributed by atoms with E-state index in [1.807, 2.05) is 60.7 Å². The van der Waals surface area contributed by atoms with Gasteiger partial charge in [-0.15, -0.1) is 0 Å². The van der Waals surface area contributed by atoms with Crippen LogP contribution in [0.2, 0.25) is 0 Å². The van der Waals surface area contributed by atoms with Crippen molar-refractivity contribution in [3.8, 4) is 0 Å². The fraction of sp³-hybridized carbons (Fsp3) is 0.294. The summed E-state index contributed by atoms with van der Waals surface area (Å²) in [5, 5.41) is 12.4. The van der Waals surface area contributed by atoms with Crippen LogP contribution < -0.4 is 10.0 Å². The average Bonchev–Trinajstić information content (AvgIpc) is 2.55. The number of benzene rings is 2. The van der Waals surface area contributed by atoms with Gasteiger partial charge in [0, 0.05) is 6.54 Å². The fourth-order valence-electron chi connectivity index (χ4n) is 2.53. The van der Waals surface area contributed by atoms with E-state index in [1.54, 1.807) is 0 Å². The first-order chi connectivity index (χ1) is 11.0. The smallest absolute Gasteiger partial charge is 0.209 e. The average molecular weight is 334 g/mol. The molecule has 124 valence electrons. The van der Waals surface area contributed by atoms with E-state index in [9.17, 15) is 8.42 Å². The van der Waals surface area contributed by atoms with Crippen molar-refractivity contribution in [1.29, 1.82) is 0 Å². The van der Waals surface area contributed by atoms with Crippen molar-refractivity contribution in [3.05, 3.63) is 71.8 Å². The highest BCUT2D eigenvalue weighted by Gasteiger charge is 2.26. The second-order valence-electron chi connectivity index (χ2n) is 5.34. The van der Waals surface area contributed by atoms with E-state index in [0.717, 1.165) is 17.4 Å². The lowest BCUT2D eigenvalue weighted by Gasteiger charge is -2.29. The Morgan fingerprint density at radius 2 is 1.39 bits per heavy atom. The van der Waals surface area contributed by atoms with Gasteiger partial charge in [0.2, 0.25) is 10.0 Å². The van der Waals surface area contributed by atoms with Crippen molar-refractivity contribution >= 4 is 10.0 Å². The normalized spacial score (nSPS) is 14.3. The van der Waals surface area contributed by atoms with Crippen molar-refractivity contribution in [3.63, 3.8) is 0 Å². The zero-order valence-corrected chi connectivity index (χ0v) is 13.8. The monoisotopic (exact) mass is 334 g/mol. The van der Waals surface area contributed by atoms with E-state index in [-0.39, 0.29) is 12.6 Å². The van der Waals surface area contributed by atoms with E-state index in [2.05, 4.69) is 10.0 Å². The third-order valence-electron chi connectivity index (χ3n) is 3.47. The molecule has 3 N–H and O–H groups in total. The summed E-state index contributed by atoms with van der Waals surface area (Å²) in [6, 6.07) is 18.3. The van der Waals surface area contributed by atoms with Crippen molar-refractivity contribution in [1.82, 2.24) is 10.0 Å². The predicted octanol–water partition coefficient (Wildman–Crippen LogP) is 1.60. The van der Waals surface area contributed by atoms with Crippen LogP contribution in [0.1, 0.15) is 23.2 Å². The second kappa shape index (κ2) is 8.21. The number of aliphatic hydroxyl groups is 1. The van der Waals surface area contributed by atoms with Gasteiger partial charge < -0.3 is 10.4 Å². The standard InChI is InChI=1S/C17H22N2O3S/c1-23(21,22)19-17(15-10-6-3-7-11-15)16(18-12-13-20)14-8-4-2-5-9-14/h2-11,16-20H,12-13H2,1H3/t16-,17-/m0/s1. The first kappa shape index (κ1) is 17.6. The minimum atomic E-state index is -3.40. The van der Waals surface area contributed by atoms with Gasteiger partial charge in [0.05, 0.1) is 24.9 Å². The summed E-state index contributed by atoms with van der Waals surface area (Å²) in [5.74, 6) is 0. The maximum absolute atomic E-state index is 11.8. The summed E-state index contributed by atoms with van der Waals surface area (Å²) < 4.78 is 26.4. The lowest BCUT2D eigenvalue weighted by Crippen LogP contribution is -2.39. The van der Waals surface area contributed by atoms with E-state index in [0.29, 0.717) is 6.54 Å². The summed E-state index contributed by atoms with van der Waals surface area (Å²) in [4.78, 5) is 0. The van der Waals surface area contributed by atoms with Crippen LogP contribution in [0.3, 0.4) is 0 Å². The Morgan fingerprint density at radius 3 is 1.83 bits per heavy atom. The quantitative estimate of drug-likeness (QED) is 0.685. The first-order valence-corrected chi connectivity index (χ1v) is 9.32. The van der Waals surface area contributed by atoms with Gasteiger partial charge in [0.25, 0.3) is 0 Å². The van der Waals surface area contributed by atoms with Crippen LogP contribution in [0.25, 0.3) is 0 Å². The van der Waals surface area contributed by atoms with E-state index in [1.165, 1.54) is 0 Å². The molecule has 0 radical (unpaired) electrons. The number of hydrogen-bond acceptors (Lipinski definition) is 4. The molecule has 0 aromatic heterocycles. The molecule has 2 atom stereocenters. The Bertz CT molecular complexity index is 690. The van der Waals surface area contributed by atoms with Gasteiger partial charge in [-0.25, -0.2) is 13.1 Å². The molecule has 6 heteroatoms. The van der Waals surface area contributed by atoms with Gasteiger partial charge in [-0.1, -0.05) is 60.7 Å². The van der Waals surface area contributed by atoms with E-state index in [4.69, 9.17) is 5.11 Å². The van der Waals surface area contributed by atoms with Crippen molar-refractivity contribution in [2.75, 3.05) is 19.4 Å². The highest BCUT2D eigenvalue weighted by Crippen LogP contribution is 2.29. The molecule has 2 aromatic rings. The largest absolute Gasteiger partial charge is 0.395 e. The van der Waals surface area contributed by atoms with Crippen LogP contribution in [0.4, 0.5) is 0 Å². The number of nitrogens with one attached hydrogen (secondary N) is 2. The molecule has 23 heavy (non-hydrogen) atoms. The Labute approximate surface area is 137 Å². The van der Waals surface area contributed by atoms with E-state index < -0.39 is 16.1 Å². The molecule has 2 aromatic carbocycles. The number of hydrogen-bond donors (Lipinski definition) is 3. The molecule has 0 heterocycles. The lowest BCUT2D eigenvalue weighted by molar-refractivity contribution is 0.277. The fourth-order valence-corrected chi connectivity index (χ4v) is 3.26. The topological polar surface area (TPSA) is 78.4 Å². The molecular weight excluding hydrogens is 312 g/mol. The number of aliphatic hydroxyl groups excluding tert-OH is 1. The van der Waals surface area contributed by atoms with Crippen LogP contribution in [-0.4, -0.2) is 32.9 Å². The zero-order valence-electron chi connectivity index (χ0n) is 13.0. The summed E-state index contributed by atoms with van der Waals surface area (Å²) in [6.07, 6.45) is 1.15. The number of sulfonamides is 1. The molecule has 0 fully saturated rings. The lowest BCUT2D eigenvalue weighted by atomic mass is 9.94. The SMILES string of the molecule is CS(=O)(=O)N[C@@H](c1ccccc1)[C@@H](NCCO)c1ccccc1. The third kappa shape index (κ3) is 5.44. The molecule has 0 saturated carbocycles. The first-order valence-electron chi connectivity index (χ1n) is 7.42. The Morgan fingerprint density at radius 1 is 0.913 bits per heavy atom. The molecule has 0 amide bonds. The summed E-state index contributed by atoms with van der Waals surface area (Å²) in [6.45, 7) is 0.345. The number of rotatable bonds is 8. The molecular formula is C17H22N2O3S. The van der Waals surface area contributed by atoms with Crippen LogP contribution in [-0.2, 0) is 10.0 Å².